The van der Waals surface area contributed by atoms with Gasteiger partial charge in [0.1, 0.15) is 0 Å². The van der Waals surface area contributed by atoms with Crippen LogP contribution in [0.4, 0.5) is 0 Å². The topological polar surface area (TPSA) is 82.1 Å². The van der Waals surface area contributed by atoms with Crippen LogP contribution in [0.3, 0.4) is 0 Å². The second-order valence-electron chi connectivity index (χ2n) is 6.07. The number of carbonyl (C=O) groups is 1. The van der Waals surface area contributed by atoms with Crippen LogP contribution in [-0.4, -0.2) is 74.8 Å². The van der Waals surface area contributed by atoms with Crippen molar-refractivity contribution in [3.05, 3.63) is 34.9 Å². The summed E-state index contributed by atoms with van der Waals surface area (Å²) in [6, 6.07) is 7.45. The van der Waals surface area contributed by atoms with Crippen molar-refractivity contribution >= 4 is 33.3 Å². The monoisotopic (exact) mass is 400 g/mol. The second-order valence-corrected chi connectivity index (χ2v) is 8.98. The van der Waals surface area contributed by atoms with Crippen molar-refractivity contribution in [1.29, 1.82) is 0 Å². The van der Waals surface area contributed by atoms with Crippen LogP contribution in [0.2, 0.25) is 5.02 Å². The Balaban J connectivity index is 1.87. The Morgan fingerprint density at radius 1 is 1.27 bits per heavy atom. The second kappa shape index (κ2) is 9.23. The molecule has 1 heterocycles. The van der Waals surface area contributed by atoms with Crippen molar-refractivity contribution in [2.24, 2.45) is 4.99 Å². The minimum atomic E-state index is -3.03. The van der Waals surface area contributed by atoms with Crippen LogP contribution in [0.5, 0.6) is 0 Å². The molecule has 26 heavy (non-hydrogen) atoms. The maximum Gasteiger partial charge on any atom is 0.242 e. The van der Waals surface area contributed by atoms with Crippen molar-refractivity contribution in [2.75, 3.05) is 44.7 Å². The number of nitrogens with zero attached hydrogens (tertiary/aromatic N) is 3. The molecule has 1 aliphatic heterocycles. The molecule has 1 aliphatic rings. The molecule has 0 spiro atoms. The fourth-order valence-corrected chi connectivity index (χ4v) is 3.49. The Morgan fingerprint density at radius 2 is 1.96 bits per heavy atom. The van der Waals surface area contributed by atoms with Crippen molar-refractivity contribution in [2.45, 2.75) is 13.5 Å². The maximum atomic E-state index is 12.5. The van der Waals surface area contributed by atoms with Crippen LogP contribution in [0.25, 0.3) is 0 Å². The first-order valence-electron chi connectivity index (χ1n) is 8.53. The third kappa shape index (κ3) is 5.88. The first-order chi connectivity index (χ1) is 12.3. The number of hydrogen-bond donors (Lipinski definition) is 1. The molecule has 1 N–H and O–H groups in total. The largest absolute Gasteiger partial charge is 0.355 e. The summed E-state index contributed by atoms with van der Waals surface area (Å²) in [5.74, 6) is 0.730. The molecule has 1 aromatic rings. The molecule has 144 valence electrons. The van der Waals surface area contributed by atoms with Crippen LogP contribution >= 0.6 is 11.6 Å². The quantitative estimate of drug-likeness (QED) is 0.569. The van der Waals surface area contributed by atoms with Gasteiger partial charge in [0.05, 0.1) is 12.3 Å². The van der Waals surface area contributed by atoms with Crippen LogP contribution in [-0.2, 0) is 21.2 Å². The molecule has 9 heteroatoms. The van der Waals surface area contributed by atoms with Crippen LogP contribution in [0.1, 0.15) is 12.5 Å². The Hall–Kier alpha value is -1.80. The van der Waals surface area contributed by atoms with E-state index in [9.17, 15) is 13.2 Å². The first kappa shape index (κ1) is 20.5. The van der Waals surface area contributed by atoms with Crippen molar-refractivity contribution in [3.8, 4) is 0 Å². The van der Waals surface area contributed by atoms with E-state index in [4.69, 9.17) is 11.6 Å². The average Bonchev–Trinajstić information content (AvgIpc) is 2.62. The molecule has 1 saturated heterocycles. The van der Waals surface area contributed by atoms with Crippen LogP contribution < -0.4 is 5.32 Å². The zero-order valence-corrected chi connectivity index (χ0v) is 16.7. The van der Waals surface area contributed by atoms with Crippen molar-refractivity contribution < 1.29 is 13.2 Å². The number of nitrogens with one attached hydrogen (secondary N) is 1. The van der Waals surface area contributed by atoms with Gasteiger partial charge < -0.3 is 15.1 Å². The van der Waals surface area contributed by atoms with Crippen molar-refractivity contribution in [1.82, 2.24) is 15.1 Å². The Labute approximate surface area is 159 Å². The number of aliphatic imine (C=N–C) groups is 1. The summed E-state index contributed by atoms with van der Waals surface area (Å²) in [5.41, 5.74) is 1.03. The highest BCUT2D eigenvalue weighted by molar-refractivity contribution is 7.91. The van der Waals surface area contributed by atoms with Crippen LogP contribution in [0, 0.1) is 0 Å². The summed E-state index contributed by atoms with van der Waals surface area (Å²) in [4.78, 5) is 20.3. The van der Waals surface area contributed by atoms with E-state index in [2.05, 4.69) is 10.3 Å². The van der Waals surface area contributed by atoms with Gasteiger partial charge >= 0.3 is 0 Å². The molecule has 0 atom stereocenters. The molecule has 7 nitrogen and oxygen atoms in total. The zero-order chi connectivity index (χ0) is 19.2. The third-order valence-corrected chi connectivity index (χ3v) is 6.21. The highest BCUT2D eigenvalue weighted by atomic mass is 35.5. The zero-order valence-electron chi connectivity index (χ0n) is 15.1. The number of piperazine rings is 1. The van der Waals surface area contributed by atoms with Gasteiger partial charge in [0, 0.05) is 44.0 Å². The number of halogens is 1. The maximum absolute atomic E-state index is 12.5. The van der Waals surface area contributed by atoms with Gasteiger partial charge in [-0.3, -0.25) is 9.79 Å². The lowest BCUT2D eigenvalue weighted by Crippen LogP contribution is -2.55. The molecule has 1 amide bonds. The number of carbonyl (C=O) groups excluding carboxylic acids is 1. The normalized spacial score (nSPS) is 16.1. The summed E-state index contributed by atoms with van der Waals surface area (Å²) >= 11 is 5.89. The van der Waals surface area contributed by atoms with E-state index in [1.54, 1.807) is 18.9 Å². The first-order valence-corrected chi connectivity index (χ1v) is 10.7. The van der Waals surface area contributed by atoms with E-state index < -0.39 is 9.84 Å². The lowest BCUT2D eigenvalue weighted by molar-refractivity contribution is -0.135. The SMILES string of the molecule is CCS(=O)(=O)CCNC(=NC)N1CCN(Cc2ccc(Cl)cc2)C(=O)C1. The molecule has 1 aromatic carbocycles. The average molecular weight is 401 g/mol. The lowest BCUT2D eigenvalue weighted by Gasteiger charge is -2.36. The molecular weight excluding hydrogens is 376 g/mol. The fourth-order valence-electron chi connectivity index (χ4n) is 2.66. The molecule has 0 radical (unpaired) electrons. The highest BCUT2D eigenvalue weighted by Crippen LogP contribution is 2.13. The van der Waals surface area contributed by atoms with E-state index in [-0.39, 0.29) is 30.5 Å². The molecular formula is C17H25ClN4O3S. The smallest absolute Gasteiger partial charge is 0.242 e. The molecule has 0 aliphatic carbocycles. The van der Waals surface area contributed by atoms with Gasteiger partial charge in [0.25, 0.3) is 0 Å². The molecule has 2 rings (SSSR count). The fraction of sp³-hybridized carbons (Fsp3) is 0.529. The van der Waals surface area contributed by atoms with E-state index in [0.29, 0.717) is 30.6 Å². The molecule has 0 saturated carbocycles. The predicted molar refractivity (Wildman–Crippen MR) is 104 cm³/mol. The van der Waals surface area contributed by atoms with Gasteiger partial charge in [0.15, 0.2) is 15.8 Å². The van der Waals surface area contributed by atoms with E-state index in [0.717, 1.165) is 5.56 Å². The Kier molecular flexibility index (Phi) is 7.28. The number of sulfone groups is 1. The van der Waals surface area contributed by atoms with E-state index >= 15 is 0 Å². The third-order valence-electron chi connectivity index (χ3n) is 4.25. The number of amides is 1. The molecule has 0 unspecified atom stereocenters. The highest BCUT2D eigenvalue weighted by Gasteiger charge is 2.26. The summed E-state index contributed by atoms with van der Waals surface area (Å²) in [5, 5.41) is 3.70. The van der Waals surface area contributed by atoms with E-state index in [1.165, 1.54) is 0 Å². The van der Waals surface area contributed by atoms with Crippen molar-refractivity contribution in [3.63, 3.8) is 0 Å². The summed E-state index contributed by atoms with van der Waals surface area (Å²) in [6.45, 7) is 3.89. The molecule has 1 fully saturated rings. The lowest BCUT2D eigenvalue weighted by atomic mass is 10.2. The molecule has 0 aromatic heterocycles. The van der Waals surface area contributed by atoms with E-state index in [1.807, 2.05) is 29.2 Å². The predicted octanol–water partition coefficient (Wildman–Crippen LogP) is 0.994. The van der Waals surface area contributed by atoms with Gasteiger partial charge in [0.2, 0.25) is 5.91 Å². The standard InChI is InChI=1S/C17H25ClN4O3S/c1-3-26(24,25)11-8-20-17(19-2)22-10-9-21(16(23)13-22)12-14-4-6-15(18)7-5-14/h4-7H,3,8-13H2,1-2H3,(H,19,20). The summed E-state index contributed by atoms with van der Waals surface area (Å²) in [6.07, 6.45) is 0. The van der Waals surface area contributed by atoms with Gasteiger partial charge in [-0.15, -0.1) is 0 Å². The minimum Gasteiger partial charge on any atom is -0.355 e. The Bertz CT molecular complexity index is 750. The van der Waals surface area contributed by atoms with Gasteiger partial charge in [-0.2, -0.15) is 0 Å². The van der Waals surface area contributed by atoms with Gasteiger partial charge in [-0.25, -0.2) is 8.42 Å². The van der Waals surface area contributed by atoms with Gasteiger partial charge in [-0.1, -0.05) is 30.7 Å². The van der Waals surface area contributed by atoms with Crippen LogP contribution in [0.15, 0.2) is 29.3 Å². The summed E-state index contributed by atoms with van der Waals surface area (Å²) < 4.78 is 23.1. The molecule has 0 bridgehead atoms. The number of hydrogen-bond acceptors (Lipinski definition) is 4. The Morgan fingerprint density at radius 3 is 2.54 bits per heavy atom. The number of benzene rings is 1. The summed E-state index contributed by atoms with van der Waals surface area (Å²) in [7, 11) is -1.41. The minimum absolute atomic E-state index is 0.00956. The number of guanidine groups is 1. The number of rotatable bonds is 6. The van der Waals surface area contributed by atoms with Gasteiger partial charge in [-0.05, 0) is 17.7 Å².